The zero-order valence-corrected chi connectivity index (χ0v) is 9.38. The second-order valence-corrected chi connectivity index (χ2v) is 4.60. The lowest BCUT2D eigenvalue weighted by Gasteiger charge is -2.43. The molecule has 0 bridgehead atoms. The third kappa shape index (κ3) is 1.80. The smallest absolute Gasteiger partial charge is 0.197 e. The van der Waals surface area contributed by atoms with Gasteiger partial charge in [0.1, 0.15) is 0 Å². The summed E-state index contributed by atoms with van der Waals surface area (Å²) in [5, 5.41) is 9.22. The van der Waals surface area contributed by atoms with Gasteiger partial charge >= 0.3 is 6.18 Å². The summed E-state index contributed by atoms with van der Waals surface area (Å²) >= 11 is 0. The van der Waals surface area contributed by atoms with Crippen molar-refractivity contribution in [2.75, 3.05) is 0 Å². The highest BCUT2D eigenvalue weighted by Gasteiger charge is 2.46. The predicted octanol–water partition coefficient (Wildman–Crippen LogP) is 3.90. The van der Waals surface area contributed by atoms with Crippen molar-refractivity contribution in [1.29, 1.82) is 5.26 Å². The zero-order valence-electron chi connectivity index (χ0n) is 9.38. The number of nitrogens with zero attached hydrogens (tertiary/aromatic N) is 1. The molecular formula is C13H12F3N. The Balaban J connectivity index is 2.44. The number of hydrogen-bond donors (Lipinski definition) is 0. The summed E-state index contributed by atoms with van der Waals surface area (Å²) in [4.78, 5) is 0. The van der Waals surface area contributed by atoms with Crippen molar-refractivity contribution in [2.24, 2.45) is 5.92 Å². The van der Waals surface area contributed by atoms with Crippen molar-refractivity contribution >= 4 is 0 Å². The van der Waals surface area contributed by atoms with E-state index in [1.165, 1.54) is 6.07 Å². The van der Waals surface area contributed by atoms with Crippen molar-refractivity contribution < 1.29 is 13.2 Å². The molecule has 1 aliphatic rings. The Kier molecular flexibility index (Phi) is 2.65. The monoisotopic (exact) mass is 239 g/mol. The molecule has 1 aliphatic carbocycles. The molecule has 1 fully saturated rings. The third-order valence-corrected chi connectivity index (χ3v) is 3.72. The van der Waals surface area contributed by atoms with E-state index in [2.05, 4.69) is 6.07 Å². The van der Waals surface area contributed by atoms with E-state index in [9.17, 15) is 18.4 Å². The van der Waals surface area contributed by atoms with Gasteiger partial charge in [0.2, 0.25) is 0 Å². The van der Waals surface area contributed by atoms with Crippen LogP contribution >= 0.6 is 0 Å². The lowest BCUT2D eigenvalue weighted by molar-refractivity contribution is -0.137. The van der Waals surface area contributed by atoms with Crippen LogP contribution in [0.4, 0.5) is 13.2 Å². The molecule has 0 aromatic heterocycles. The standard InChI is InChI=1S/C13H12F3N/c1-9-5-6-12(9,8-17)10-3-2-4-11(7-10)13(14,15)16/h2-4,7,9H,5-6H2,1H3. The van der Waals surface area contributed by atoms with E-state index in [1.54, 1.807) is 6.07 Å². The van der Waals surface area contributed by atoms with Crippen LogP contribution < -0.4 is 0 Å². The number of nitriles is 1. The molecule has 1 nitrogen and oxygen atoms in total. The van der Waals surface area contributed by atoms with Crippen molar-refractivity contribution in [3.63, 3.8) is 0 Å². The molecule has 90 valence electrons. The number of hydrogen-bond acceptors (Lipinski definition) is 1. The molecule has 0 spiro atoms. The maximum absolute atomic E-state index is 12.6. The summed E-state index contributed by atoms with van der Waals surface area (Å²) < 4.78 is 37.8. The Bertz CT molecular complexity index is 472. The molecule has 4 heteroatoms. The molecule has 0 amide bonds. The Morgan fingerprint density at radius 1 is 1.41 bits per heavy atom. The summed E-state index contributed by atoms with van der Waals surface area (Å²) in [7, 11) is 0. The molecule has 0 heterocycles. The van der Waals surface area contributed by atoms with E-state index in [0.29, 0.717) is 12.0 Å². The van der Waals surface area contributed by atoms with Gasteiger partial charge in [-0.1, -0.05) is 25.1 Å². The van der Waals surface area contributed by atoms with Gasteiger partial charge in [0, 0.05) is 0 Å². The first-order valence-electron chi connectivity index (χ1n) is 5.49. The van der Waals surface area contributed by atoms with Gasteiger partial charge in [-0.15, -0.1) is 0 Å². The second-order valence-electron chi connectivity index (χ2n) is 4.60. The summed E-state index contributed by atoms with van der Waals surface area (Å²) in [6.45, 7) is 1.91. The maximum atomic E-state index is 12.6. The third-order valence-electron chi connectivity index (χ3n) is 3.72. The number of halogens is 3. The average Bonchev–Trinajstić information content (AvgIpc) is 2.28. The molecule has 1 aromatic rings. The Labute approximate surface area is 97.9 Å². The SMILES string of the molecule is CC1CCC1(C#N)c1cccc(C(F)(F)F)c1. The Hall–Kier alpha value is -1.50. The van der Waals surface area contributed by atoms with Crippen molar-refractivity contribution in [3.8, 4) is 6.07 Å². The van der Waals surface area contributed by atoms with E-state index >= 15 is 0 Å². The molecular weight excluding hydrogens is 227 g/mol. The molecule has 2 rings (SSSR count). The van der Waals surface area contributed by atoms with Crippen LogP contribution in [0.3, 0.4) is 0 Å². The Morgan fingerprint density at radius 2 is 2.12 bits per heavy atom. The molecule has 1 saturated carbocycles. The highest BCUT2D eigenvalue weighted by molar-refractivity contribution is 5.39. The first-order valence-corrected chi connectivity index (χ1v) is 5.49. The highest BCUT2D eigenvalue weighted by atomic mass is 19.4. The first-order chi connectivity index (χ1) is 7.90. The predicted molar refractivity (Wildman–Crippen MR) is 57.1 cm³/mol. The molecule has 2 unspecified atom stereocenters. The van der Waals surface area contributed by atoms with E-state index in [4.69, 9.17) is 0 Å². The van der Waals surface area contributed by atoms with Gasteiger partial charge < -0.3 is 0 Å². The fourth-order valence-corrected chi connectivity index (χ4v) is 2.35. The average molecular weight is 239 g/mol. The summed E-state index contributed by atoms with van der Waals surface area (Å²) in [6, 6.07) is 7.34. The van der Waals surface area contributed by atoms with Crippen molar-refractivity contribution in [1.82, 2.24) is 0 Å². The highest BCUT2D eigenvalue weighted by Crippen LogP contribution is 2.48. The molecule has 17 heavy (non-hydrogen) atoms. The minimum absolute atomic E-state index is 0.121. The van der Waals surface area contributed by atoms with E-state index in [0.717, 1.165) is 18.6 Å². The van der Waals surface area contributed by atoms with Gasteiger partial charge in [0.05, 0.1) is 17.0 Å². The molecule has 1 aromatic carbocycles. The number of benzene rings is 1. The number of alkyl halides is 3. The van der Waals surface area contributed by atoms with Crippen LogP contribution in [0.2, 0.25) is 0 Å². The largest absolute Gasteiger partial charge is 0.416 e. The van der Waals surface area contributed by atoms with E-state index < -0.39 is 17.2 Å². The van der Waals surface area contributed by atoms with Crippen LogP contribution in [0, 0.1) is 17.2 Å². The molecule has 0 N–H and O–H groups in total. The normalized spacial score (nSPS) is 28.3. The zero-order chi connectivity index (χ0) is 12.7. The van der Waals surface area contributed by atoms with Crippen LogP contribution in [-0.2, 0) is 11.6 Å². The van der Waals surface area contributed by atoms with Crippen LogP contribution in [0.1, 0.15) is 30.9 Å². The van der Waals surface area contributed by atoms with E-state index in [-0.39, 0.29) is 5.92 Å². The number of rotatable bonds is 1. The van der Waals surface area contributed by atoms with Crippen LogP contribution in [0.15, 0.2) is 24.3 Å². The lowest BCUT2D eigenvalue weighted by Crippen LogP contribution is -2.41. The lowest BCUT2D eigenvalue weighted by atomic mass is 9.58. The topological polar surface area (TPSA) is 23.8 Å². The quantitative estimate of drug-likeness (QED) is 0.729. The molecule has 0 aliphatic heterocycles. The summed E-state index contributed by atoms with van der Waals surface area (Å²) in [5.74, 6) is 0.121. The van der Waals surface area contributed by atoms with Gasteiger partial charge in [0.15, 0.2) is 0 Å². The van der Waals surface area contributed by atoms with Gasteiger partial charge in [-0.05, 0) is 30.4 Å². The minimum atomic E-state index is -4.35. The van der Waals surface area contributed by atoms with Gasteiger partial charge in [-0.2, -0.15) is 18.4 Å². The molecule has 0 radical (unpaired) electrons. The Morgan fingerprint density at radius 3 is 2.53 bits per heavy atom. The van der Waals surface area contributed by atoms with Crippen LogP contribution in [0.5, 0.6) is 0 Å². The van der Waals surface area contributed by atoms with Crippen LogP contribution in [-0.4, -0.2) is 0 Å². The fourth-order valence-electron chi connectivity index (χ4n) is 2.35. The first kappa shape index (κ1) is 12.0. The van der Waals surface area contributed by atoms with E-state index in [1.807, 2.05) is 6.92 Å². The molecule has 0 saturated heterocycles. The molecule has 2 atom stereocenters. The second kappa shape index (κ2) is 3.76. The van der Waals surface area contributed by atoms with Gasteiger partial charge in [0.25, 0.3) is 0 Å². The summed E-state index contributed by atoms with van der Waals surface area (Å²) in [5.41, 5.74) is -0.904. The fraction of sp³-hybridized carbons (Fsp3) is 0.462. The van der Waals surface area contributed by atoms with Crippen molar-refractivity contribution in [3.05, 3.63) is 35.4 Å². The van der Waals surface area contributed by atoms with Crippen LogP contribution in [0.25, 0.3) is 0 Å². The van der Waals surface area contributed by atoms with Crippen molar-refractivity contribution in [2.45, 2.75) is 31.4 Å². The minimum Gasteiger partial charge on any atom is -0.197 e. The summed E-state index contributed by atoms with van der Waals surface area (Å²) in [6.07, 6.45) is -2.81. The van der Waals surface area contributed by atoms with Gasteiger partial charge in [-0.3, -0.25) is 0 Å². The maximum Gasteiger partial charge on any atom is 0.416 e. The van der Waals surface area contributed by atoms with Gasteiger partial charge in [-0.25, -0.2) is 0 Å².